The number of rotatable bonds is 2. The molecule has 0 aliphatic rings. The van der Waals surface area contributed by atoms with Gasteiger partial charge in [-0.2, -0.15) is 0 Å². The SMILES string of the molecule is CCc1ccc(-c2c(C)sc3nc(Cl)nc(Cl)c23)cc1. The van der Waals surface area contributed by atoms with Crippen LogP contribution in [0.15, 0.2) is 24.3 Å². The summed E-state index contributed by atoms with van der Waals surface area (Å²) in [5.74, 6) is 0. The van der Waals surface area contributed by atoms with Crippen molar-refractivity contribution in [1.29, 1.82) is 0 Å². The fourth-order valence-electron chi connectivity index (χ4n) is 2.30. The summed E-state index contributed by atoms with van der Waals surface area (Å²) < 4.78 is 0. The minimum atomic E-state index is 0.191. The van der Waals surface area contributed by atoms with Crippen LogP contribution in [0.5, 0.6) is 0 Å². The highest BCUT2D eigenvalue weighted by Crippen LogP contribution is 2.40. The number of aryl methyl sites for hydroxylation is 2. The fourth-order valence-corrected chi connectivity index (χ4v) is 3.93. The summed E-state index contributed by atoms with van der Waals surface area (Å²) in [6.45, 7) is 4.21. The largest absolute Gasteiger partial charge is 0.225 e. The molecule has 2 nitrogen and oxygen atoms in total. The first-order valence-electron chi connectivity index (χ1n) is 6.31. The van der Waals surface area contributed by atoms with Crippen molar-refractivity contribution >= 4 is 44.8 Å². The van der Waals surface area contributed by atoms with Gasteiger partial charge in [-0.1, -0.05) is 42.8 Å². The molecule has 0 spiro atoms. The predicted octanol–water partition coefficient (Wildman–Crippen LogP) is 5.54. The lowest BCUT2D eigenvalue weighted by atomic mass is 10.0. The van der Waals surface area contributed by atoms with E-state index >= 15 is 0 Å². The van der Waals surface area contributed by atoms with E-state index in [1.54, 1.807) is 11.3 Å². The smallest absolute Gasteiger partial charge is 0.207 e. The van der Waals surface area contributed by atoms with Crippen molar-refractivity contribution in [3.63, 3.8) is 0 Å². The van der Waals surface area contributed by atoms with Gasteiger partial charge >= 0.3 is 0 Å². The third-order valence-corrected chi connectivity index (χ3v) is 4.75. The minimum Gasteiger partial charge on any atom is -0.207 e. The summed E-state index contributed by atoms with van der Waals surface area (Å²) in [4.78, 5) is 10.3. The summed E-state index contributed by atoms with van der Waals surface area (Å²) >= 11 is 13.7. The number of hydrogen-bond donors (Lipinski definition) is 0. The molecule has 20 heavy (non-hydrogen) atoms. The lowest BCUT2D eigenvalue weighted by Crippen LogP contribution is -1.86. The zero-order chi connectivity index (χ0) is 14.3. The monoisotopic (exact) mass is 322 g/mol. The molecule has 0 N–H and O–H groups in total. The van der Waals surface area contributed by atoms with Gasteiger partial charge < -0.3 is 0 Å². The van der Waals surface area contributed by atoms with E-state index in [2.05, 4.69) is 48.1 Å². The van der Waals surface area contributed by atoms with Gasteiger partial charge in [0.1, 0.15) is 9.98 Å². The average Bonchev–Trinajstić information content (AvgIpc) is 2.75. The molecule has 102 valence electrons. The van der Waals surface area contributed by atoms with Crippen molar-refractivity contribution < 1.29 is 0 Å². The number of nitrogens with zero attached hydrogens (tertiary/aromatic N) is 2. The van der Waals surface area contributed by atoms with Gasteiger partial charge in [0.05, 0.1) is 5.39 Å². The van der Waals surface area contributed by atoms with Crippen LogP contribution in [0.3, 0.4) is 0 Å². The molecule has 3 rings (SSSR count). The molecule has 2 heterocycles. The second kappa shape index (κ2) is 5.32. The maximum absolute atomic E-state index is 6.26. The Balaban J connectivity index is 2.26. The third kappa shape index (κ3) is 2.30. The highest BCUT2D eigenvalue weighted by molar-refractivity contribution is 7.19. The molecule has 0 aliphatic heterocycles. The summed E-state index contributed by atoms with van der Waals surface area (Å²) in [6.07, 6.45) is 1.03. The van der Waals surface area contributed by atoms with Gasteiger partial charge in [-0.25, -0.2) is 9.97 Å². The van der Waals surface area contributed by atoms with E-state index < -0.39 is 0 Å². The van der Waals surface area contributed by atoms with Crippen molar-refractivity contribution in [1.82, 2.24) is 9.97 Å². The lowest BCUT2D eigenvalue weighted by Gasteiger charge is -2.04. The molecule has 0 atom stereocenters. The highest BCUT2D eigenvalue weighted by atomic mass is 35.5. The molecular formula is C15H12Cl2N2S. The summed E-state index contributed by atoms with van der Waals surface area (Å²) in [6, 6.07) is 8.53. The molecule has 0 amide bonds. The average molecular weight is 323 g/mol. The van der Waals surface area contributed by atoms with Gasteiger partial charge in [0.2, 0.25) is 5.28 Å². The van der Waals surface area contributed by atoms with Gasteiger partial charge in [0.25, 0.3) is 0 Å². The van der Waals surface area contributed by atoms with Crippen LogP contribution in [-0.2, 0) is 6.42 Å². The molecule has 0 saturated carbocycles. The predicted molar refractivity (Wildman–Crippen MR) is 87.0 cm³/mol. The van der Waals surface area contributed by atoms with Crippen LogP contribution < -0.4 is 0 Å². The maximum atomic E-state index is 6.26. The number of benzene rings is 1. The minimum absolute atomic E-state index is 0.191. The molecule has 0 bridgehead atoms. The molecular weight excluding hydrogens is 311 g/mol. The van der Waals surface area contributed by atoms with Gasteiger partial charge in [-0.05, 0) is 36.1 Å². The first-order chi connectivity index (χ1) is 9.60. The Morgan fingerprint density at radius 3 is 2.45 bits per heavy atom. The third-order valence-electron chi connectivity index (χ3n) is 3.31. The number of thiophene rings is 1. The molecule has 0 aliphatic carbocycles. The Bertz CT molecular complexity index is 779. The van der Waals surface area contributed by atoms with Crippen LogP contribution in [0, 0.1) is 6.92 Å². The van der Waals surface area contributed by atoms with E-state index in [0.29, 0.717) is 5.15 Å². The van der Waals surface area contributed by atoms with Gasteiger partial charge in [0.15, 0.2) is 0 Å². The van der Waals surface area contributed by atoms with E-state index in [4.69, 9.17) is 23.2 Å². The molecule has 1 aromatic carbocycles. The van der Waals surface area contributed by atoms with Crippen LogP contribution in [-0.4, -0.2) is 9.97 Å². The molecule has 0 radical (unpaired) electrons. The summed E-state index contributed by atoms with van der Waals surface area (Å²) in [5, 5.41) is 1.50. The molecule has 5 heteroatoms. The summed E-state index contributed by atoms with van der Waals surface area (Å²) in [5.41, 5.74) is 3.56. The van der Waals surface area contributed by atoms with E-state index in [1.165, 1.54) is 10.4 Å². The second-order valence-corrected chi connectivity index (χ2v) is 6.45. The first-order valence-corrected chi connectivity index (χ1v) is 7.89. The molecule has 3 aromatic rings. The topological polar surface area (TPSA) is 25.8 Å². The van der Waals surface area contributed by atoms with Crippen molar-refractivity contribution in [2.45, 2.75) is 20.3 Å². The van der Waals surface area contributed by atoms with Crippen molar-refractivity contribution in [3.05, 3.63) is 45.1 Å². The van der Waals surface area contributed by atoms with E-state index in [0.717, 1.165) is 27.8 Å². The zero-order valence-electron chi connectivity index (χ0n) is 11.1. The van der Waals surface area contributed by atoms with Crippen LogP contribution in [0.1, 0.15) is 17.4 Å². The Morgan fingerprint density at radius 1 is 1.10 bits per heavy atom. The molecule has 0 fully saturated rings. The second-order valence-electron chi connectivity index (χ2n) is 4.55. The maximum Gasteiger partial charge on any atom is 0.225 e. The molecule has 2 aromatic heterocycles. The van der Waals surface area contributed by atoms with Crippen molar-refractivity contribution in [2.75, 3.05) is 0 Å². The molecule has 0 saturated heterocycles. The van der Waals surface area contributed by atoms with Crippen LogP contribution in [0.25, 0.3) is 21.3 Å². The standard InChI is InChI=1S/C15H12Cl2N2S/c1-3-9-4-6-10(7-5-9)11-8(2)20-14-12(11)13(16)18-15(17)19-14/h4-7H,3H2,1-2H3. The van der Waals surface area contributed by atoms with Crippen molar-refractivity contribution in [2.24, 2.45) is 0 Å². The zero-order valence-corrected chi connectivity index (χ0v) is 13.4. The number of halogens is 2. The Morgan fingerprint density at radius 2 is 1.80 bits per heavy atom. The van der Waals surface area contributed by atoms with Crippen LogP contribution in [0.2, 0.25) is 10.4 Å². The first kappa shape index (κ1) is 13.8. The van der Waals surface area contributed by atoms with Gasteiger partial charge in [0, 0.05) is 10.4 Å². The lowest BCUT2D eigenvalue weighted by molar-refractivity contribution is 1.14. The number of hydrogen-bond acceptors (Lipinski definition) is 3. The number of fused-ring (bicyclic) bond motifs is 1. The Kier molecular flexibility index (Phi) is 3.67. The van der Waals surface area contributed by atoms with E-state index in [9.17, 15) is 0 Å². The van der Waals surface area contributed by atoms with Gasteiger partial charge in [-0.3, -0.25) is 0 Å². The highest BCUT2D eigenvalue weighted by Gasteiger charge is 2.16. The van der Waals surface area contributed by atoms with Crippen LogP contribution in [0.4, 0.5) is 0 Å². The van der Waals surface area contributed by atoms with E-state index in [1.807, 2.05) is 0 Å². The quantitative estimate of drug-likeness (QED) is 0.457. The summed E-state index contributed by atoms with van der Waals surface area (Å²) in [7, 11) is 0. The fraction of sp³-hybridized carbons (Fsp3) is 0.200. The number of aromatic nitrogens is 2. The Labute approximate surface area is 131 Å². The normalized spacial score (nSPS) is 11.2. The van der Waals surface area contributed by atoms with E-state index in [-0.39, 0.29) is 5.28 Å². The molecule has 0 unspecified atom stereocenters. The van der Waals surface area contributed by atoms with Gasteiger partial charge in [-0.15, -0.1) is 11.3 Å². The van der Waals surface area contributed by atoms with Crippen molar-refractivity contribution in [3.8, 4) is 11.1 Å². The Hall–Kier alpha value is -1.16. The van der Waals surface area contributed by atoms with Crippen LogP contribution >= 0.6 is 34.5 Å².